The van der Waals surface area contributed by atoms with Crippen LogP contribution in [0.2, 0.25) is 0 Å². The summed E-state index contributed by atoms with van der Waals surface area (Å²) in [6, 6.07) is 8.92. The van der Waals surface area contributed by atoms with Gasteiger partial charge in [0.05, 0.1) is 5.25 Å². The molecule has 2 unspecified atom stereocenters. The summed E-state index contributed by atoms with van der Waals surface area (Å²) < 4.78 is 51.9. The lowest BCUT2D eigenvalue weighted by Crippen LogP contribution is -2.31. The molecule has 0 aliphatic heterocycles. The molecule has 0 amide bonds. The van der Waals surface area contributed by atoms with E-state index in [2.05, 4.69) is 0 Å². The van der Waals surface area contributed by atoms with Gasteiger partial charge in [-0.3, -0.25) is 0 Å². The summed E-state index contributed by atoms with van der Waals surface area (Å²) in [4.78, 5) is -0.503. The minimum atomic E-state index is -3.97. The molecule has 0 saturated heterocycles. The number of hydrogen-bond acceptors (Lipinski definition) is 3. The fourth-order valence-electron chi connectivity index (χ4n) is 2.76. The van der Waals surface area contributed by atoms with Gasteiger partial charge in [-0.15, -0.1) is 0 Å². The van der Waals surface area contributed by atoms with E-state index in [9.17, 15) is 17.2 Å². The van der Waals surface area contributed by atoms with Crippen LogP contribution < -0.4 is 5.73 Å². The molecule has 2 atom stereocenters. The van der Waals surface area contributed by atoms with Crippen LogP contribution in [0.25, 0.3) is 0 Å². The van der Waals surface area contributed by atoms with Crippen LogP contribution in [-0.2, 0) is 16.3 Å². The fourth-order valence-corrected chi connectivity index (χ4v) is 4.61. The molecule has 2 N–H and O–H groups in total. The van der Waals surface area contributed by atoms with E-state index in [-0.39, 0.29) is 6.42 Å². The van der Waals surface area contributed by atoms with Gasteiger partial charge in [0.1, 0.15) is 16.5 Å². The minimum Gasteiger partial charge on any atom is -0.323 e. The largest absolute Gasteiger partial charge is 0.323 e. The summed E-state index contributed by atoms with van der Waals surface area (Å²) >= 11 is 0. The third-order valence-corrected chi connectivity index (χ3v) is 6.04. The van der Waals surface area contributed by atoms with E-state index in [0.717, 1.165) is 23.3 Å². The molecule has 0 saturated carbocycles. The van der Waals surface area contributed by atoms with Gasteiger partial charge in [0.15, 0.2) is 9.84 Å². The Kier molecular flexibility index (Phi) is 3.30. The van der Waals surface area contributed by atoms with Crippen LogP contribution in [0.3, 0.4) is 0 Å². The molecule has 1 aliphatic rings. The molecular weight excluding hydrogens is 296 g/mol. The SMILES string of the molecule is NC1c2ccccc2CC1S(=O)(=O)c1ccc(F)cc1F. The molecule has 0 radical (unpaired) electrons. The van der Waals surface area contributed by atoms with Crippen molar-refractivity contribution in [1.82, 2.24) is 0 Å². The molecule has 3 rings (SSSR count). The highest BCUT2D eigenvalue weighted by Gasteiger charge is 2.40. The summed E-state index contributed by atoms with van der Waals surface area (Å²) in [5.74, 6) is -1.90. The van der Waals surface area contributed by atoms with Crippen molar-refractivity contribution in [3.63, 3.8) is 0 Å². The molecule has 2 aromatic carbocycles. The molecule has 0 aromatic heterocycles. The number of fused-ring (bicyclic) bond motifs is 1. The van der Waals surface area contributed by atoms with Crippen molar-refractivity contribution in [3.05, 3.63) is 65.2 Å². The van der Waals surface area contributed by atoms with E-state index in [0.29, 0.717) is 6.07 Å². The molecule has 0 fully saturated rings. The van der Waals surface area contributed by atoms with E-state index in [1.165, 1.54) is 0 Å². The highest BCUT2D eigenvalue weighted by atomic mass is 32.2. The molecular formula is C15H13F2NO2S. The van der Waals surface area contributed by atoms with Crippen LogP contribution in [-0.4, -0.2) is 13.7 Å². The predicted molar refractivity (Wildman–Crippen MR) is 74.4 cm³/mol. The van der Waals surface area contributed by atoms with Crippen LogP contribution in [0.15, 0.2) is 47.4 Å². The lowest BCUT2D eigenvalue weighted by Gasteiger charge is -2.17. The van der Waals surface area contributed by atoms with Gasteiger partial charge >= 0.3 is 0 Å². The lowest BCUT2D eigenvalue weighted by molar-refractivity contribution is 0.536. The zero-order valence-electron chi connectivity index (χ0n) is 11.0. The maximum absolute atomic E-state index is 13.8. The second-order valence-corrected chi connectivity index (χ2v) is 7.22. The molecule has 110 valence electrons. The average molecular weight is 309 g/mol. The molecule has 6 heteroatoms. The van der Waals surface area contributed by atoms with Crippen LogP contribution in [0.4, 0.5) is 8.78 Å². The first-order valence-electron chi connectivity index (χ1n) is 6.43. The first-order valence-corrected chi connectivity index (χ1v) is 7.98. The topological polar surface area (TPSA) is 60.2 Å². The number of rotatable bonds is 2. The lowest BCUT2D eigenvalue weighted by atomic mass is 10.1. The van der Waals surface area contributed by atoms with E-state index in [1.807, 2.05) is 6.07 Å². The number of sulfone groups is 1. The maximum Gasteiger partial charge on any atom is 0.186 e. The first-order chi connectivity index (χ1) is 9.91. The highest BCUT2D eigenvalue weighted by Crippen LogP contribution is 2.36. The van der Waals surface area contributed by atoms with Crippen LogP contribution in [0, 0.1) is 11.6 Å². The molecule has 0 heterocycles. The third-order valence-electron chi connectivity index (χ3n) is 3.83. The third kappa shape index (κ3) is 2.24. The van der Waals surface area contributed by atoms with Gasteiger partial charge in [0.25, 0.3) is 0 Å². The highest BCUT2D eigenvalue weighted by molar-refractivity contribution is 7.92. The van der Waals surface area contributed by atoms with Gasteiger partial charge in [0.2, 0.25) is 0 Å². The number of hydrogen-bond donors (Lipinski definition) is 1. The van der Waals surface area contributed by atoms with Crippen molar-refractivity contribution < 1.29 is 17.2 Å². The first kappa shape index (κ1) is 14.2. The van der Waals surface area contributed by atoms with Crippen molar-refractivity contribution in [1.29, 1.82) is 0 Å². The Balaban J connectivity index is 2.05. The van der Waals surface area contributed by atoms with Crippen LogP contribution in [0.5, 0.6) is 0 Å². The van der Waals surface area contributed by atoms with Crippen molar-refractivity contribution in [3.8, 4) is 0 Å². The quantitative estimate of drug-likeness (QED) is 0.866. The summed E-state index contributed by atoms with van der Waals surface area (Å²) in [5, 5.41) is -0.935. The van der Waals surface area contributed by atoms with Gasteiger partial charge in [-0.1, -0.05) is 24.3 Å². The second-order valence-electron chi connectivity index (χ2n) is 5.09. The predicted octanol–water partition coefficient (Wildman–Crippen LogP) is 2.36. The van der Waals surface area contributed by atoms with Gasteiger partial charge in [-0.2, -0.15) is 0 Å². The average Bonchev–Trinajstić information content (AvgIpc) is 2.77. The summed E-state index contributed by atoms with van der Waals surface area (Å²) in [7, 11) is -3.97. The van der Waals surface area contributed by atoms with Crippen LogP contribution >= 0.6 is 0 Å². The Labute approximate surface area is 121 Å². The minimum absolute atomic E-state index is 0.233. The zero-order chi connectivity index (χ0) is 15.2. The van der Waals surface area contributed by atoms with Crippen LogP contribution in [0.1, 0.15) is 17.2 Å². The Morgan fingerprint density at radius 3 is 2.48 bits per heavy atom. The Morgan fingerprint density at radius 1 is 1.10 bits per heavy atom. The summed E-state index contributed by atoms with van der Waals surface area (Å²) in [6.45, 7) is 0. The molecule has 3 nitrogen and oxygen atoms in total. The number of halogens is 2. The summed E-state index contributed by atoms with van der Waals surface area (Å²) in [6.07, 6.45) is 0.233. The molecule has 1 aliphatic carbocycles. The van der Waals surface area contributed by atoms with Gasteiger partial charge in [-0.05, 0) is 29.7 Å². The van der Waals surface area contributed by atoms with E-state index in [1.54, 1.807) is 18.2 Å². The Hall–Kier alpha value is -1.79. The van der Waals surface area contributed by atoms with E-state index < -0.39 is 37.7 Å². The fraction of sp³-hybridized carbons (Fsp3) is 0.200. The Morgan fingerprint density at radius 2 is 1.81 bits per heavy atom. The second kappa shape index (κ2) is 4.89. The maximum atomic E-state index is 13.8. The normalized spacial score (nSPS) is 21.3. The van der Waals surface area contributed by atoms with Crippen molar-refractivity contribution in [2.75, 3.05) is 0 Å². The number of benzene rings is 2. The molecule has 21 heavy (non-hydrogen) atoms. The van der Waals surface area contributed by atoms with Crippen molar-refractivity contribution in [2.24, 2.45) is 5.73 Å². The molecule has 0 spiro atoms. The van der Waals surface area contributed by atoms with Crippen molar-refractivity contribution in [2.45, 2.75) is 22.6 Å². The van der Waals surface area contributed by atoms with E-state index >= 15 is 0 Å². The smallest absolute Gasteiger partial charge is 0.186 e. The summed E-state index contributed by atoms with van der Waals surface area (Å²) in [5.41, 5.74) is 7.62. The molecule has 2 aromatic rings. The monoisotopic (exact) mass is 309 g/mol. The van der Waals surface area contributed by atoms with Gasteiger partial charge in [-0.25, -0.2) is 17.2 Å². The standard InChI is InChI=1S/C15H13F2NO2S/c16-10-5-6-13(12(17)8-10)21(19,20)14-7-9-3-1-2-4-11(9)15(14)18/h1-6,8,14-15H,7,18H2. The van der Waals surface area contributed by atoms with Crippen molar-refractivity contribution >= 4 is 9.84 Å². The van der Waals surface area contributed by atoms with Gasteiger partial charge in [0, 0.05) is 12.1 Å². The Bertz CT molecular complexity index is 805. The number of nitrogens with two attached hydrogens (primary N) is 1. The molecule has 0 bridgehead atoms. The van der Waals surface area contributed by atoms with Gasteiger partial charge < -0.3 is 5.73 Å². The van der Waals surface area contributed by atoms with E-state index in [4.69, 9.17) is 5.73 Å². The zero-order valence-corrected chi connectivity index (χ0v) is 11.8.